The van der Waals surface area contributed by atoms with Crippen LogP contribution in [0, 0.1) is 12.8 Å². The zero-order valence-corrected chi connectivity index (χ0v) is 12.3. The zero-order chi connectivity index (χ0) is 15.1. The van der Waals surface area contributed by atoms with Crippen LogP contribution < -0.4 is 10.6 Å². The molecule has 0 heterocycles. The lowest BCUT2D eigenvalue weighted by Crippen LogP contribution is -2.42. The van der Waals surface area contributed by atoms with E-state index >= 15 is 0 Å². The highest BCUT2D eigenvalue weighted by Crippen LogP contribution is 2.20. The normalized spacial score (nSPS) is 13.1. The number of amidine groups is 1. The van der Waals surface area contributed by atoms with Crippen molar-refractivity contribution in [2.24, 2.45) is 16.8 Å². The predicted molar refractivity (Wildman–Crippen MR) is 81.0 cm³/mol. The molecule has 3 N–H and O–H groups in total. The van der Waals surface area contributed by atoms with E-state index in [-0.39, 0.29) is 11.7 Å². The van der Waals surface area contributed by atoms with Gasteiger partial charge in [-0.15, -0.1) is 0 Å². The van der Waals surface area contributed by atoms with Gasteiger partial charge >= 0.3 is 0 Å². The fourth-order valence-electron chi connectivity index (χ4n) is 2.21. The molecule has 1 atom stereocenters. The summed E-state index contributed by atoms with van der Waals surface area (Å²) in [7, 11) is 0. The minimum atomic E-state index is -0.578. The van der Waals surface area contributed by atoms with Gasteiger partial charge in [0.15, 0.2) is 5.84 Å². The molecule has 5 nitrogen and oxygen atoms in total. The maximum atomic E-state index is 12.6. The van der Waals surface area contributed by atoms with Gasteiger partial charge in [-0.05, 0) is 38.0 Å². The number of nitrogens with zero attached hydrogens (tertiary/aromatic N) is 2. The van der Waals surface area contributed by atoms with Gasteiger partial charge in [-0.1, -0.05) is 30.6 Å². The Morgan fingerprint density at radius 3 is 2.65 bits per heavy atom. The number of amides is 1. The number of carbonyl (C=O) groups is 1. The molecule has 0 saturated heterocycles. The van der Waals surface area contributed by atoms with Crippen molar-refractivity contribution >= 4 is 17.4 Å². The zero-order valence-electron chi connectivity index (χ0n) is 12.3. The molecule has 0 bridgehead atoms. The number of oxime groups is 1. The van der Waals surface area contributed by atoms with Gasteiger partial charge in [0.25, 0.3) is 0 Å². The van der Waals surface area contributed by atoms with E-state index in [0.29, 0.717) is 13.0 Å². The Bertz CT molecular complexity index is 486. The van der Waals surface area contributed by atoms with Gasteiger partial charge in [-0.3, -0.25) is 4.79 Å². The predicted octanol–water partition coefficient (Wildman–Crippen LogP) is 2.51. The quantitative estimate of drug-likeness (QED) is 0.363. The number of carbonyl (C=O) groups excluding carboxylic acids is 1. The average molecular weight is 277 g/mol. The maximum Gasteiger partial charge on any atom is 0.237 e. The number of rotatable bonds is 6. The van der Waals surface area contributed by atoms with Gasteiger partial charge in [0.1, 0.15) is 0 Å². The highest BCUT2D eigenvalue weighted by molar-refractivity contribution is 6.08. The molecule has 0 aliphatic rings. The van der Waals surface area contributed by atoms with Crippen LogP contribution in [0.25, 0.3) is 0 Å². The van der Waals surface area contributed by atoms with Gasteiger partial charge < -0.3 is 15.8 Å². The average Bonchev–Trinajstić information content (AvgIpc) is 2.44. The van der Waals surface area contributed by atoms with Crippen molar-refractivity contribution in [3.8, 4) is 0 Å². The summed E-state index contributed by atoms with van der Waals surface area (Å²) in [5, 5.41) is 11.8. The monoisotopic (exact) mass is 277 g/mol. The standard InChI is InChI=1S/C15H23N3O2/c1-4-7-13(14(16)17-20)15(19)18(5-2)12-9-6-8-11(3)10-12/h6,8-10,13,20H,4-5,7H2,1-3H3,(H2,16,17). The van der Waals surface area contributed by atoms with Crippen LogP contribution in [0.3, 0.4) is 0 Å². The lowest BCUT2D eigenvalue weighted by Gasteiger charge is -2.26. The van der Waals surface area contributed by atoms with E-state index < -0.39 is 5.92 Å². The molecule has 0 aromatic heterocycles. The second-order valence-corrected chi connectivity index (χ2v) is 4.79. The van der Waals surface area contributed by atoms with Crippen LogP contribution in [0.1, 0.15) is 32.3 Å². The third-order valence-corrected chi connectivity index (χ3v) is 3.24. The van der Waals surface area contributed by atoms with Crippen molar-refractivity contribution in [1.82, 2.24) is 0 Å². The van der Waals surface area contributed by atoms with Crippen molar-refractivity contribution in [3.63, 3.8) is 0 Å². The molecule has 1 aromatic carbocycles. The molecule has 1 rings (SSSR count). The van der Waals surface area contributed by atoms with Crippen LogP contribution in [0.4, 0.5) is 5.69 Å². The van der Waals surface area contributed by atoms with Crippen LogP contribution in [0.15, 0.2) is 29.4 Å². The van der Waals surface area contributed by atoms with Crippen LogP contribution in [-0.2, 0) is 4.79 Å². The van der Waals surface area contributed by atoms with Crippen LogP contribution >= 0.6 is 0 Å². The van der Waals surface area contributed by atoms with E-state index in [1.54, 1.807) is 4.90 Å². The number of benzene rings is 1. The van der Waals surface area contributed by atoms with Gasteiger partial charge in [0.05, 0.1) is 5.92 Å². The molecule has 110 valence electrons. The SMILES string of the molecule is CCCC(C(=O)N(CC)c1cccc(C)c1)C(N)=NO. The Hall–Kier alpha value is -2.04. The highest BCUT2D eigenvalue weighted by atomic mass is 16.4. The summed E-state index contributed by atoms with van der Waals surface area (Å²) >= 11 is 0. The van der Waals surface area contributed by atoms with Crippen LogP contribution in [0.5, 0.6) is 0 Å². The maximum absolute atomic E-state index is 12.6. The highest BCUT2D eigenvalue weighted by Gasteiger charge is 2.27. The third-order valence-electron chi connectivity index (χ3n) is 3.24. The smallest absolute Gasteiger partial charge is 0.237 e. The molecule has 20 heavy (non-hydrogen) atoms. The molecular weight excluding hydrogens is 254 g/mol. The second-order valence-electron chi connectivity index (χ2n) is 4.79. The Labute approximate surface area is 120 Å². The number of anilines is 1. The summed E-state index contributed by atoms with van der Waals surface area (Å²) in [6.45, 7) is 6.40. The van der Waals surface area contributed by atoms with E-state index in [1.807, 2.05) is 45.0 Å². The topological polar surface area (TPSA) is 78.9 Å². The first-order chi connectivity index (χ1) is 9.54. The second kappa shape index (κ2) is 7.53. The van der Waals surface area contributed by atoms with Crippen LogP contribution in [-0.4, -0.2) is 23.5 Å². The molecule has 0 saturated carbocycles. The Morgan fingerprint density at radius 1 is 1.45 bits per heavy atom. The molecule has 1 amide bonds. The molecule has 0 spiro atoms. The Kier molecular flexibility index (Phi) is 6.03. The van der Waals surface area contributed by atoms with E-state index in [0.717, 1.165) is 17.7 Å². The largest absolute Gasteiger partial charge is 0.409 e. The molecule has 5 heteroatoms. The van der Waals surface area contributed by atoms with Gasteiger partial charge in [-0.2, -0.15) is 0 Å². The van der Waals surface area contributed by atoms with E-state index in [9.17, 15) is 4.79 Å². The fourth-order valence-corrected chi connectivity index (χ4v) is 2.21. The van der Waals surface area contributed by atoms with Gasteiger partial charge in [0.2, 0.25) is 5.91 Å². The van der Waals surface area contributed by atoms with Crippen molar-refractivity contribution in [2.45, 2.75) is 33.6 Å². The lowest BCUT2D eigenvalue weighted by atomic mass is 10.00. The summed E-state index contributed by atoms with van der Waals surface area (Å²) in [5.74, 6) is -0.733. The summed E-state index contributed by atoms with van der Waals surface area (Å²) in [6.07, 6.45) is 1.36. The summed E-state index contributed by atoms with van der Waals surface area (Å²) < 4.78 is 0. The molecule has 0 aliphatic heterocycles. The minimum absolute atomic E-state index is 0.0250. The molecule has 1 aromatic rings. The molecular formula is C15H23N3O2. The lowest BCUT2D eigenvalue weighted by molar-refractivity contribution is -0.120. The third kappa shape index (κ3) is 3.73. The summed E-state index contributed by atoms with van der Waals surface area (Å²) in [6, 6.07) is 7.74. The van der Waals surface area contributed by atoms with Crippen molar-refractivity contribution in [2.75, 3.05) is 11.4 Å². The van der Waals surface area contributed by atoms with Crippen molar-refractivity contribution in [1.29, 1.82) is 0 Å². The first kappa shape index (κ1) is 16.0. The molecule has 0 radical (unpaired) electrons. The van der Waals surface area contributed by atoms with Gasteiger partial charge in [-0.25, -0.2) is 0 Å². The first-order valence-electron chi connectivity index (χ1n) is 6.90. The summed E-state index contributed by atoms with van der Waals surface area (Å²) in [5.41, 5.74) is 7.58. The number of hydrogen-bond donors (Lipinski definition) is 2. The first-order valence-corrected chi connectivity index (χ1v) is 6.90. The number of hydrogen-bond acceptors (Lipinski definition) is 3. The van der Waals surface area contributed by atoms with E-state index in [1.165, 1.54) is 0 Å². The number of nitrogens with two attached hydrogens (primary N) is 1. The molecule has 1 unspecified atom stereocenters. The Morgan fingerprint density at radius 2 is 2.15 bits per heavy atom. The molecule has 0 fully saturated rings. The summed E-state index contributed by atoms with van der Waals surface area (Å²) in [4.78, 5) is 14.3. The van der Waals surface area contributed by atoms with E-state index in [2.05, 4.69) is 5.16 Å². The van der Waals surface area contributed by atoms with E-state index in [4.69, 9.17) is 10.9 Å². The van der Waals surface area contributed by atoms with Crippen LogP contribution in [0.2, 0.25) is 0 Å². The van der Waals surface area contributed by atoms with Crippen molar-refractivity contribution in [3.05, 3.63) is 29.8 Å². The number of aryl methyl sites for hydroxylation is 1. The minimum Gasteiger partial charge on any atom is -0.409 e. The Balaban J connectivity index is 3.06. The fraction of sp³-hybridized carbons (Fsp3) is 0.467. The molecule has 0 aliphatic carbocycles. The van der Waals surface area contributed by atoms with Crippen molar-refractivity contribution < 1.29 is 10.0 Å². The van der Waals surface area contributed by atoms with Gasteiger partial charge in [0, 0.05) is 12.2 Å².